The maximum absolute atomic E-state index is 4.38. The second-order valence-electron chi connectivity index (χ2n) is 5.81. The van der Waals surface area contributed by atoms with Gasteiger partial charge in [0.25, 0.3) is 0 Å². The fraction of sp³-hybridized carbons (Fsp3) is 0.786. The molecule has 2 saturated heterocycles. The molecule has 0 saturated carbocycles. The molecule has 1 N–H and O–H groups in total. The number of imidazole rings is 1. The SMILES string of the molecule is CCn1ccnc1NCC1CC2CCC(C1)N2C. The Bertz CT molecular complexity index is 386. The summed E-state index contributed by atoms with van der Waals surface area (Å²) in [5, 5.41) is 3.53. The molecule has 0 radical (unpaired) electrons. The number of hydrogen-bond acceptors (Lipinski definition) is 3. The summed E-state index contributed by atoms with van der Waals surface area (Å²) >= 11 is 0. The lowest BCUT2D eigenvalue weighted by atomic mass is 9.91. The lowest BCUT2D eigenvalue weighted by molar-refractivity contribution is 0.139. The summed E-state index contributed by atoms with van der Waals surface area (Å²) in [4.78, 5) is 6.98. The Balaban J connectivity index is 1.55. The van der Waals surface area contributed by atoms with Gasteiger partial charge in [-0.2, -0.15) is 0 Å². The highest BCUT2D eigenvalue weighted by Gasteiger charge is 2.38. The van der Waals surface area contributed by atoms with Gasteiger partial charge in [-0.3, -0.25) is 0 Å². The minimum atomic E-state index is 0.820. The predicted octanol–water partition coefficient (Wildman–Crippen LogP) is 2.19. The van der Waals surface area contributed by atoms with E-state index in [0.29, 0.717) is 0 Å². The van der Waals surface area contributed by atoms with Gasteiger partial charge in [-0.15, -0.1) is 0 Å². The monoisotopic (exact) mass is 248 g/mol. The molecule has 2 atom stereocenters. The Kier molecular flexibility index (Phi) is 3.29. The number of piperidine rings is 1. The Labute approximate surface area is 109 Å². The summed E-state index contributed by atoms with van der Waals surface area (Å²) in [6.07, 6.45) is 9.44. The highest BCUT2D eigenvalue weighted by atomic mass is 15.2. The van der Waals surface area contributed by atoms with Crippen molar-refractivity contribution in [3.63, 3.8) is 0 Å². The molecule has 4 nitrogen and oxygen atoms in total. The zero-order chi connectivity index (χ0) is 12.5. The predicted molar refractivity (Wildman–Crippen MR) is 73.7 cm³/mol. The highest BCUT2D eigenvalue weighted by molar-refractivity contribution is 5.25. The fourth-order valence-corrected chi connectivity index (χ4v) is 3.66. The fourth-order valence-electron chi connectivity index (χ4n) is 3.66. The van der Waals surface area contributed by atoms with E-state index in [1.54, 1.807) is 0 Å². The summed E-state index contributed by atoms with van der Waals surface area (Å²) in [5.74, 6) is 1.85. The van der Waals surface area contributed by atoms with Crippen molar-refractivity contribution < 1.29 is 0 Å². The Morgan fingerprint density at radius 1 is 1.33 bits per heavy atom. The van der Waals surface area contributed by atoms with E-state index < -0.39 is 0 Å². The van der Waals surface area contributed by atoms with E-state index in [1.807, 2.05) is 12.4 Å². The number of hydrogen-bond donors (Lipinski definition) is 1. The Morgan fingerprint density at radius 3 is 2.72 bits per heavy atom. The molecule has 3 heterocycles. The third-order valence-electron chi connectivity index (χ3n) is 4.80. The average Bonchev–Trinajstić information content (AvgIpc) is 2.89. The second kappa shape index (κ2) is 4.92. The summed E-state index contributed by atoms with van der Waals surface area (Å²) in [6, 6.07) is 1.67. The van der Waals surface area contributed by atoms with Crippen LogP contribution in [0.5, 0.6) is 0 Å². The number of fused-ring (bicyclic) bond motifs is 2. The molecule has 3 rings (SSSR count). The van der Waals surface area contributed by atoms with Crippen LogP contribution in [0.25, 0.3) is 0 Å². The molecule has 0 spiro atoms. The molecule has 0 amide bonds. The van der Waals surface area contributed by atoms with Gasteiger partial charge in [0.1, 0.15) is 0 Å². The molecule has 4 heteroatoms. The first-order valence-corrected chi connectivity index (χ1v) is 7.25. The summed E-state index contributed by atoms with van der Waals surface area (Å²) in [7, 11) is 2.30. The number of aryl methyl sites for hydroxylation is 1. The molecule has 2 aliphatic rings. The molecular formula is C14H24N4. The van der Waals surface area contributed by atoms with Crippen LogP contribution in [-0.2, 0) is 6.54 Å². The molecule has 2 fully saturated rings. The third-order valence-corrected chi connectivity index (χ3v) is 4.80. The van der Waals surface area contributed by atoms with Crippen LogP contribution in [0.2, 0.25) is 0 Å². The van der Waals surface area contributed by atoms with E-state index in [9.17, 15) is 0 Å². The average molecular weight is 248 g/mol. The maximum Gasteiger partial charge on any atom is 0.202 e. The van der Waals surface area contributed by atoms with Gasteiger partial charge in [0, 0.05) is 37.6 Å². The van der Waals surface area contributed by atoms with Crippen molar-refractivity contribution >= 4 is 5.95 Å². The van der Waals surface area contributed by atoms with Crippen LogP contribution in [0.15, 0.2) is 12.4 Å². The molecule has 1 aromatic heterocycles. The van der Waals surface area contributed by atoms with Crippen LogP contribution >= 0.6 is 0 Å². The summed E-state index contributed by atoms with van der Waals surface area (Å²) in [6.45, 7) is 4.22. The number of anilines is 1. The number of rotatable bonds is 4. The quantitative estimate of drug-likeness (QED) is 0.886. The lowest BCUT2D eigenvalue weighted by Crippen LogP contribution is -2.41. The van der Waals surface area contributed by atoms with Gasteiger partial charge >= 0.3 is 0 Å². The molecule has 0 aromatic carbocycles. The summed E-state index contributed by atoms with van der Waals surface area (Å²) in [5.41, 5.74) is 0. The largest absolute Gasteiger partial charge is 0.355 e. The molecule has 2 bridgehead atoms. The van der Waals surface area contributed by atoms with Crippen LogP contribution in [0.3, 0.4) is 0 Å². The van der Waals surface area contributed by atoms with E-state index in [2.05, 4.69) is 33.7 Å². The van der Waals surface area contributed by atoms with Crippen LogP contribution in [0, 0.1) is 5.92 Å². The molecule has 2 aliphatic heterocycles. The van der Waals surface area contributed by atoms with Crippen LogP contribution in [0.1, 0.15) is 32.6 Å². The normalized spacial score (nSPS) is 31.8. The number of nitrogens with zero attached hydrogens (tertiary/aromatic N) is 3. The molecule has 2 unspecified atom stereocenters. The highest BCUT2D eigenvalue weighted by Crippen LogP contribution is 2.37. The molecule has 0 aliphatic carbocycles. The van der Waals surface area contributed by atoms with Gasteiger partial charge in [-0.25, -0.2) is 4.98 Å². The zero-order valence-corrected chi connectivity index (χ0v) is 11.5. The van der Waals surface area contributed by atoms with Crippen molar-refractivity contribution in [2.24, 2.45) is 5.92 Å². The first kappa shape index (κ1) is 12.0. The van der Waals surface area contributed by atoms with E-state index in [0.717, 1.165) is 37.0 Å². The number of aromatic nitrogens is 2. The van der Waals surface area contributed by atoms with E-state index in [-0.39, 0.29) is 0 Å². The van der Waals surface area contributed by atoms with Crippen LogP contribution < -0.4 is 5.32 Å². The maximum atomic E-state index is 4.38. The first-order valence-electron chi connectivity index (χ1n) is 7.25. The van der Waals surface area contributed by atoms with Gasteiger partial charge in [0.05, 0.1) is 0 Å². The van der Waals surface area contributed by atoms with Gasteiger partial charge in [0.2, 0.25) is 5.95 Å². The van der Waals surface area contributed by atoms with E-state index in [1.165, 1.54) is 25.7 Å². The van der Waals surface area contributed by atoms with Crippen molar-refractivity contribution in [2.45, 2.75) is 51.2 Å². The van der Waals surface area contributed by atoms with Gasteiger partial charge in [0.15, 0.2) is 0 Å². The minimum Gasteiger partial charge on any atom is -0.355 e. The van der Waals surface area contributed by atoms with Crippen LogP contribution in [-0.4, -0.2) is 40.1 Å². The Hall–Kier alpha value is -1.03. The van der Waals surface area contributed by atoms with E-state index in [4.69, 9.17) is 0 Å². The lowest BCUT2D eigenvalue weighted by Gasteiger charge is -2.36. The smallest absolute Gasteiger partial charge is 0.202 e. The molecule has 1 aromatic rings. The van der Waals surface area contributed by atoms with Gasteiger partial charge in [-0.1, -0.05) is 0 Å². The van der Waals surface area contributed by atoms with E-state index >= 15 is 0 Å². The first-order chi connectivity index (χ1) is 8.78. The van der Waals surface area contributed by atoms with Gasteiger partial charge in [-0.05, 0) is 45.6 Å². The van der Waals surface area contributed by atoms with Crippen molar-refractivity contribution in [1.82, 2.24) is 14.5 Å². The standard InChI is InChI=1S/C14H24N4/c1-3-18-7-6-15-14(18)16-10-11-8-12-4-5-13(9-11)17(12)2/h6-7,11-13H,3-5,8-10H2,1-2H3,(H,15,16). The molecule has 100 valence electrons. The van der Waals surface area contributed by atoms with Crippen molar-refractivity contribution in [3.05, 3.63) is 12.4 Å². The van der Waals surface area contributed by atoms with Crippen molar-refractivity contribution in [3.8, 4) is 0 Å². The second-order valence-corrected chi connectivity index (χ2v) is 5.81. The molecular weight excluding hydrogens is 224 g/mol. The molecule has 18 heavy (non-hydrogen) atoms. The van der Waals surface area contributed by atoms with Crippen LogP contribution in [0.4, 0.5) is 5.95 Å². The minimum absolute atomic E-state index is 0.820. The third kappa shape index (κ3) is 2.14. The van der Waals surface area contributed by atoms with Crippen molar-refractivity contribution in [2.75, 3.05) is 18.9 Å². The van der Waals surface area contributed by atoms with Crippen molar-refractivity contribution in [1.29, 1.82) is 0 Å². The number of nitrogens with one attached hydrogen (secondary N) is 1. The zero-order valence-electron chi connectivity index (χ0n) is 11.5. The van der Waals surface area contributed by atoms with Gasteiger partial charge < -0.3 is 14.8 Å². The topological polar surface area (TPSA) is 33.1 Å². The Morgan fingerprint density at radius 2 is 2.06 bits per heavy atom. The summed E-state index contributed by atoms with van der Waals surface area (Å²) < 4.78 is 2.17.